The molecule has 1 atom stereocenters. The van der Waals surface area contributed by atoms with Crippen LogP contribution in [0, 0.1) is 0 Å². The SMILES string of the molecule is C=C(c1ccc(Cl)cc1)C(CN(C)C1=NCC(c2ccsc2)=N1)N1CCCC1=O. The molecule has 2 aliphatic rings. The number of amides is 1. The summed E-state index contributed by atoms with van der Waals surface area (Å²) in [6.07, 6.45) is 1.48. The Morgan fingerprint density at radius 1 is 1.34 bits per heavy atom. The zero-order chi connectivity index (χ0) is 20.4. The van der Waals surface area contributed by atoms with Crippen LogP contribution in [0.3, 0.4) is 0 Å². The van der Waals surface area contributed by atoms with E-state index in [0.717, 1.165) is 35.4 Å². The molecule has 3 heterocycles. The van der Waals surface area contributed by atoms with Gasteiger partial charge in [0.15, 0.2) is 0 Å². The summed E-state index contributed by atoms with van der Waals surface area (Å²) in [6.45, 7) is 6.26. The number of guanidine groups is 1. The zero-order valence-electron chi connectivity index (χ0n) is 16.3. The van der Waals surface area contributed by atoms with E-state index in [1.165, 1.54) is 0 Å². The number of likely N-dealkylation sites (tertiary alicyclic amines) is 1. The van der Waals surface area contributed by atoms with Crippen molar-refractivity contribution in [2.24, 2.45) is 9.98 Å². The maximum absolute atomic E-state index is 12.5. The third kappa shape index (κ3) is 4.28. The van der Waals surface area contributed by atoms with E-state index in [0.29, 0.717) is 30.5 Å². The van der Waals surface area contributed by atoms with Crippen LogP contribution in [0.4, 0.5) is 0 Å². The van der Waals surface area contributed by atoms with Gasteiger partial charge in [0.25, 0.3) is 0 Å². The molecule has 0 radical (unpaired) electrons. The molecule has 1 aromatic heterocycles. The summed E-state index contributed by atoms with van der Waals surface area (Å²) >= 11 is 7.70. The van der Waals surface area contributed by atoms with Gasteiger partial charge < -0.3 is 9.80 Å². The average molecular weight is 427 g/mol. The second kappa shape index (κ2) is 8.51. The molecule has 29 heavy (non-hydrogen) atoms. The minimum atomic E-state index is -0.140. The van der Waals surface area contributed by atoms with Crippen LogP contribution in [0.2, 0.25) is 5.02 Å². The lowest BCUT2D eigenvalue weighted by molar-refractivity contribution is -0.128. The van der Waals surface area contributed by atoms with Crippen LogP contribution in [0.1, 0.15) is 24.0 Å². The lowest BCUT2D eigenvalue weighted by Crippen LogP contribution is -2.45. The number of halogens is 1. The maximum atomic E-state index is 12.5. The van der Waals surface area contributed by atoms with Crippen molar-refractivity contribution in [3.8, 4) is 0 Å². The zero-order valence-corrected chi connectivity index (χ0v) is 17.9. The number of rotatable bonds is 6. The van der Waals surface area contributed by atoms with Gasteiger partial charge in [-0.25, -0.2) is 9.98 Å². The van der Waals surface area contributed by atoms with Crippen molar-refractivity contribution in [3.05, 3.63) is 63.8 Å². The molecule has 1 fully saturated rings. The largest absolute Gasteiger partial charge is 0.342 e. The number of nitrogens with zero attached hydrogens (tertiary/aromatic N) is 4. The molecular formula is C22H23ClN4OS. The van der Waals surface area contributed by atoms with Crippen LogP contribution in [0.5, 0.6) is 0 Å². The van der Waals surface area contributed by atoms with Crippen molar-refractivity contribution >= 4 is 46.1 Å². The van der Waals surface area contributed by atoms with E-state index in [2.05, 4.69) is 23.0 Å². The van der Waals surface area contributed by atoms with Crippen molar-refractivity contribution in [3.63, 3.8) is 0 Å². The Hall–Kier alpha value is -2.44. The first-order valence-corrected chi connectivity index (χ1v) is 10.9. The van der Waals surface area contributed by atoms with Gasteiger partial charge in [-0.3, -0.25) is 4.79 Å². The highest BCUT2D eigenvalue weighted by atomic mass is 35.5. The highest BCUT2D eigenvalue weighted by Crippen LogP contribution is 2.27. The Morgan fingerprint density at radius 3 is 2.79 bits per heavy atom. The molecule has 4 rings (SSSR count). The number of thiophene rings is 1. The van der Waals surface area contributed by atoms with Gasteiger partial charge in [0.2, 0.25) is 11.9 Å². The van der Waals surface area contributed by atoms with Crippen LogP contribution < -0.4 is 0 Å². The van der Waals surface area contributed by atoms with Crippen LogP contribution in [-0.4, -0.2) is 60.1 Å². The fraction of sp³-hybridized carbons (Fsp3) is 0.318. The van der Waals surface area contributed by atoms with Gasteiger partial charge in [-0.15, -0.1) is 0 Å². The number of carbonyl (C=O) groups excluding carboxylic acids is 1. The van der Waals surface area contributed by atoms with E-state index in [1.54, 1.807) is 11.3 Å². The molecule has 1 amide bonds. The number of hydrogen-bond acceptors (Lipinski definition) is 5. The Kier molecular flexibility index (Phi) is 5.83. The van der Waals surface area contributed by atoms with E-state index < -0.39 is 0 Å². The molecule has 5 nitrogen and oxygen atoms in total. The molecule has 0 spiro atoms. The van der Waals surface area contributed by atoms with Crippen molar-refractivity contribution in [1.82, 2.24) is 9.80 Å². The normalized spacial score (nSPS) is 17.3. The van der Waals surface area contributed by atoms with E-state index in [9.17, 15) is 4.79 Å². The number of aliphatic imine (C=N–C) groups is 2. The second-order valence-electron chi connectivity index (χ2n) is 7.31. The van der Waals surface area contributed by atoms with E-state index >= 15 is 0 Å². The third-order valence-electron chi connectivity index (χ3n) is 5.35. The first-order valence-electron chi connectivity index (χ1n) is 9.63. The summed E-state index contributed by atoms with van der Waals surface area (Å²) in [5.74, 6) is 0.876. The highest BCUT2D eigenvalue weighted by molar-refractivity contribution is 7.08. The predicted octanol–water partition coefficient (Wildman–Crippen LogP) is 4.20. The van der Waals surface area contributed by atoms with Gasteiger partial charge in [-0.05, 0) is 46.5 Å². The summed E-state index contributed by atoms with van der Waals surface area (Å²) < 4.78 is 0. The Bertz CT molecular complexity index is 965. The Balaban J connectivity index is 1.54. The van der Waals surface area contributed by atoms with Crippen LogP contribution in [0.25, 0.3) is 5.57 Å². The standard InChI is InChI=1S/C22H23ClN4OS/c1-15(16-5-7-18(23)8-6-16)20(27-10-3-4-21(27)28)13-26(2)22-24-12-19(25-22)17-9-11-29-14-17/h5-9,11,14,20H,1,3-4,10,12-13H2,2H3. The molecule has 0 N–H and O–H groups in total. The Morgan fingerprint density at radius 2 is 2.14 bits per heavy atom. The van der Waals surface area contributed by atoms with Crippen LogP contribution >= 0.6 is 22.9 Å². The van der Waals surface area contributed by atoms with Gasteiger partial charge in [0, 0.05) is 37.1 Å². The molecule has 1 unspecified atom stereocenters. The quantitative estimate of drug-likeness (QED) is 0.695. The summed E-state index contributed by atoms with van der Waals surface area (Å²) in [5, 5.41) is 4.82. The number of likely N-dealkylation sites (N-methyl/N-ethyl adjacent to an activating group) is 1. The molecule has 1 aromatic carbocycles. The summed E-state index contributed by atoms with van der Waals surface area (Å²) in [6, 6.07) is 9.55. The van der Waals surface area contributed by atoms with Crippen LogP contribution in [-0.2, 0) is 4.79 Å². The Labute approximate surface area is 180 Å². The fourth-order valence-corrected chi connectivity index (χ4v) is 4.51. The molecular weight excluding hydrogens is 404 g/mol. The fourth-order valence-electron chi connectivity index (χ4n) is 3.72. The smallest absolute Gasteiger partial charge is 0.223 e. The first-order chi connectivity index (χ1) is 14.0. The van der Waals surface area contributed by atoms with Gasteiger partial charge >= 0.3 is 0 Å². The van der Waals surface area contributed by atoms with E-state index in [4.69, 9.17) is 16.6 Å². The minimum Gasteiger partial charge on any atom is -0.342 e. The summed E-state index contributed by atoms with van der Waals surface area (Å²) in [5.41, 5.74) is 4.00. The van der Waals surface area contributed by atoms with Crippen molar-refractivity contribution in [1.29, 1.82) is 0 Å². The molecule has 2 aromatic rings. The van der Waals surface area contributed by atoms with Crippen molar-refractivity contribution in [2.45, 2.75) is 18.9 Å². The van der Waals surface area contributed by atoms with Crippen LogP contribution in [0.15, 0.2) is 57.7 Å². The average Bonchev–Trinajstić information content (AvgIpc) is 3.47. The van der Waals surface area contributed by atoms with Crippen molar-refractivity contribution in [2.75, 3.05) is 26.7 Å². The van der Waals surface area contributed by atoms with Gasteiger partial charge in [0.05, 0.1) is 18.3 Å². The van der Waals surface area contributed by atoms with Gasteiger partial charge in [-0.2, -0.15) is 11.3 Å². The van der Waals surface area contributed by atoms with E-state index in [1.807, 2.05) is 46.5 Å². The maximum Gasteiger partial charge on any atom is 0.223 e. The molecule has 0 aliphatic carbocycles. The molecule has 7 heteroatoms. The minimum absolute atomic E-state index is 0.140. The third-order valence-corrected chi connectivity index (χ3v) is 6.29. The van der Waals surface area contributed by atoms with Gasteiger partial charge in [-0.1, -0.05) is 30.3 Å². The molecule has 2 aliphatic heterocycles. The molecule has 0 saturated carbocycles. The number of hydrogen-bond donors (Lipinski definition) is 0. The summed E-state index contributed by atoms with van der Waals surface area (Å²) in [4.78, 5) is 25.8. The predicted molar refractivity (Wildman–Crippen MR) is 121 cm³/mol. The van der Waals surface area contributed by atoms with E-state index in [-0.39, 0.29) is 11.9 Å². The van der Waals surface area contributed by atoms with Crippen molar-refractivity contribution < 1.29 is 4.79 Å². The monoisotopic (exact) mass is 426 g/mol. The van der Waals surface area contributed by atoms with Gasteiger partial charge in [0.1, 0.15) is 0 Å². The highest BCUT2D eigenvalue weighted by Gasteiger charge is 2.32. The second-order valence-corrected chi connectivity index (χ2v) is 8.52. The molecule has 0 bridgehead atoms. The topological polar surface area (TPSA) is 48.3 Å². The first kappa shape index (κ1) is 19.9. The lowest BCUT2D eigenvalue weighted by atomic mass is 9.98. The number of benzene rings is 1. The molecule has 150 valence electrons. The number of carbonyl (C=O) groups is 1. The summed E-state index contributed by atoms with van der Waals surface area (Å²) in [7, 11) is 1.97. The lowest BCUT2D eigenvalue weighted by Gasteiger charge is -2.33. The molecule has 1 saturated heterocycles.